The smallest absolute Gasteiger partial charge is 0.0912 e. The van der Waals surface area contributed by atoms with Gasteiger partial charge in [0.25, 0.3) is 0 Å². The zero-order chi connectivity index (χ0) is 7.23. The lowest BCUT2D eigenvalue weighted by atomic mass is 10.2. The molecule has 1 heteroatoms. The fourth-order valence-electron chi connectivity index (χ4n) is 0.644. The van der Waals surface area contributed by atoms with E-state index in [2.05, 4.69) is 6.07 Å². The van der Waals surface area contributed by atoms with Crippen LogP contribution in [-0.4, -0.2) is 0 Å². The number of benzene rings is 1. The lowest BCUT2D eigenvalue weighted by Gasteiger charge is -1.85. The quantitative estimate of drug-likeness (QED) is 0.531. The summed E-state index contributed by atoms with van der Waals surface area (Å²) >= 11 is 0. The Bertz CT molecular complexity index is 254. The highest BCUT2D eigenvalue weighted by Gasteiger charge is 1.79. The molecule has 0 amide bonds. The summed E-state index contributed by atoms with van der Waals surface area (Å²) in [4.78, 5) is 0. The van der Waals surface area contributed by atoms with Crippen LogP contribution in [0.5, 0.6) is 0 Å². The Kier molecular flexibility index (Phi) is 2.28. The molecule has 0 atom stereocenters. The molecule has 0 saturated heterocycles. The summed E-state index contributed by atoms with van der Waals surface area (Å²) in [5.74, 6) is 0. The van der Waals surface area contributed by atoms with E-state index in [1.807, 2.05) is 30.3 Å². The van der Waals surface area contributed by atoms with Gasteiger partial charge in [0.2, 0.25) is 0 Å². The van der Waals surface area contributed by atoms with Gasteiger partial charge in [0.05, 0.1) is 6.07 Å². The van der Waals surface area contributed by atoms with Crippen molar-refractivity contribution in [3.05, 3.63) is 42.0 Å². The molecule has 1 aromatic rings. The summed E-state index contributed by atoms with van der Waals surface area (Å²) in [5, 5.41) is 8.18. The minimum atomic E-state index is 1.03. The maximum absolute atomic E-state index is 8.18. The molecule has 0 heterocycles. The molecule has 47 valence electrons. The van der Waals surface area contributed by atoms with Crippen LogP contribution in [0.2, 0.25) is 0 Å². The Morgan fingerprint density at radius 3 is 2.70 bits per heavy atom. The van der Waals surface area contributed by atoms with Gasteiger partial charge >= 0.3 is 0 Å². The monoisotopic (exact) mass is 128 g/mol. The molecule has 0 aromatic heterocycles. The Labute approximate surface area is 60.2 Å². The summed E-state index contributed by atoms with van der Waals surface area (Å²) in [7, 11) is 0. The molecule has 0 aliphatic rings. The van der Waals surface area contributed by atoms with Gasteiger partial charge in [-0.3, -0.25) is 0 Å². The van der Waals surface area contributed by atoms with Crippen LogP contribution in [0.25, 0.3) is 6.08 Å². The molecule has 1 nitrogen and oxygen atoms in total. The fourth-order valence-corrected chi connectivity index (χ4v) is 0.644. The first kappa shape index (κ1) is 6.57. The van der Waals surface area contributed by atoms with E-state index in [4.69, 9.17) is 5.26 Å². The highest BCUT2D eigenvalue weighted by atomic mass is 14.2. The predicted molar refractivity (Wildman–Crippen MR) is 39.9 cm³/mol. The second-order valence-corrected chi connectivity index (χ2v) is 1.80. The molecule has 0 bridgehead atoms. The van der Waals surface area contributed by atoms with Crippen molar-refractivity contribution in [3.8, 4) is 6.07 Å². The fraction of sp³-hybridized carbons (Fsp3) is 0. The Balaban J connectivity index is 2.79. The van der Waals surface area contributed by atoms with Crippen molar-refractivity contribution >= 4 is 6.08 Å². The number of allylic oxidation sites excluding steroid dienone is 1. The lowest BCUT2D eigenvalue weighted by Crippen LogP contribution is -1.66. The van der Waals surface area contributed by atoms with Crippen LogP contribution in [0, 0.1) is 17.4 Å². The van der Waals surface area contributed by atoms with Gasteiger partial charge in [0.15, 0.2) is 0 Å². The van der Waals surface area contributed by atoms with Crippen LogP contribution in [0.4, 0.5) is 0 Å². The molecule has 1 aromatic carbocycles. The molecule has 0 spiro atoms. The van der Waals surface area contributed by atoms with Crippen LogP contribution in [-0.2, 0) is 0 Å². The van der Waals surface area contributed by atoms with E-state index in [0.29, 0.717) is 0 Å². The standard InChI is InChI=1S/C9H6N/c10-8-4-7-9-5-2-1-3-6-9/h2-7H/b7-4+. The second-order valence-electron chi connectivity index (χ2n) is 1.80. The average molecular weight is 128 g/mol. The number of hydrogen-bond donors (Lipinski definition) is 0. The van der Waals surface area contributed by atoms with E-state index in [1.165, 1.54) is 6.08 Å². The van der Waals surface area contributed by atoms with Crippen molar-refractivity contribution in [1.82, 2.24) is 0 Å². The zero-order valence-electron chi connectivity index (χ0n) is 5.41. The van der Waals surface area contributed by atoms with Crippen LogP contribution < -0.4 is 0 Å². The van der Waals surface area contributed by atoms with Crippen molar-refractivity contribution in [2.75, 3.05) is 0 Å². The van der Waals surface area contributed by atoms with E-state index in [0.717, 1.165) is 5.56 Å². The van der Waals surface area contributed by atoms with Crippen molar-refractivity contribution < 1.29 is 0 Å². The average Bonchev–Trinajstić information content (AvgIpc) is 2.03. The Hall–Kier alpha value is -1.55. The van der Waals surface area contributed by atoms with Crippen molar-refractivity contribution in [2.24, 2.45) is 0 Å². The van der Waals surface area contributed by atoms with Crippen LogP contribution >= 0.6 is 0 Å². The highest BCUT2D eigenvalue weighted by Crippen LogP contribution is 1.98. The van der Waals surface area contributed by atoms with Crippen LogP contribution in [0.3, 0.4) is 0 Å². The first-order valence-corrected chi connectivity index (χ1v) is 2.96. The molecular weight excluding hydrogens is 122 g/mol. The van der Waals surface area contributed by atoms with E-state index in [-0.39, 0.29) is 0 Å². The Morgan fingerprint density at radius 2 is 2.10 bits per heavy atom. The Morgan fingerprint density at radius 1 is 1.40 bits per heavy atom. The first-order chi connectivity index (χ1) is 4.93. The molecule has 0 N–H and O–H groups in total. The zero-order valence-corrected chi connectivity index (χ0v) is 5.41. The molecule has 10 heavy (non-hydrogen) atoms. The van der Waals surface area contributed by atoms with Gasteiger partial charge in [-0.15, -0.1) is 0 Å². The van der Waals surface area contributed by atoms with Gasteiger partial charge in [-0.05, 0) is 17.7 Å². The van der Waals surface area contributed by atoms with Crippen LogP contribution in [0.15, 0.2) is 30.3 Å². The number of nitriles is 1. The third-order valence-corrected chi connectivity index (χ3v) is 1.09. The minimum Gasteiger partial charge on any atom is -0.193 e. The summed E-state index contributed by atoms with van der Waals surface area (Å²) in [5.41, 5.74) is 1.03. The predicted octanol–water partition coefficient (Wildman–Crippen LogP) is 2.02. The number of hydrogen-bond acceptors (Lipinski definition) is 1. The van der Waals surface area contributed by atoms with Gasteiger partial charge in [-0.2, -0.15) is 5.26 Å². The maximum atomic E-state index is 8.18. The van der Waals surface area contributed by atoms with Crippen molar-refractivity contribution in [3.63, 3.8) is 0 Å². The van der Waals surface area contributed by atoms with Gasteiger partial charge in [-0.1, -0.05) is 24.3 Å². The van der Waals surface area contributed by atoms with Crippen molar-refractivity contribution in [1.29, 1.82) is 5.26 Å². The molecule has 0 unspecified atom stereocenters. The molecular formula is C9H6N. The maximum Gasteiger partial charge on any atom is 0.0912 e. The van der Waals surface area contributed by atoms with Gasteiger partial charge < -0.3 is 0 Å². The summed E-state index contributed by atoms with van der Waals surface area (Å²) in [6.07, 6.45) is 3.21. The van der Waals surface area contributed by atoms with E-state index >= 15 is 0 Å². The van der Waals surface area contributed by atoms with E-state index in [9.17, 15) is 0 Å². The SMILES string of the molecule is N#C/C=C/c1cc[c]cc1. The molecule has 0 saturated carbocycles. The largest absolute Gasteiger partial charge is 0.193 e. The topological polar surface area (TPSA) is 23.8 Å². The normalized spacial score (nSPS) is 9.50. The van der Waals surface area contributed by atoms with E-state index < -0.39 is 0 Å². The van der Waals surface area contributed by atoms with Gasteiger partial charge in [0.1, 0.15) is 0 Å². The molecule has 0 aliphatic heterocycles. The second kappa shape index (κ2) is 3.47. The molecule has 1 radical (unpaired) electrons. The summed E-state index contributed by atoms with van der Waals surface area (Å²) in [6, 6.07) is 12.2. The van der Waals surface area contributed by atoms with Gasteiger partial charge in [0, 0.05) is 6.08 Å². The molecule has 0 fully saturated rings. The van der Waals surface area contributed by atoms with Gasteiger partial charge in [-0.25, -0.2) is 0 Å². The molecule has 1 rings (SSSR count). The third kappa shape index (κ3) is 1.75. The molecule has 0 aliphatic carbocycles. The summed E-state index contributed by atoms with van der Waals surface area (Å²) < 4.78 is 0. The lowest BCUT2D eigenvalue weighted by molar-refractivity contribution is 1.53. The van der Waals surface area contributed by atoms with Crippen molar-refractivity contribution in [2.45, 2.75) is 0 Å². The van der Waals surface area contributed by atoms with E-state index in [1.54, 1.807) is 6.08 Å². The highest BCUT2D eigenvalue weighted by molar-refractivity contribution is 5.50. The third-order valence-electron chi connectivity index (χ3n) is 1.09. The minimum absolute atomic E-state index is 1.03. The first-order valence-electron chi connectivity index (χ1n) is 2.96. The van der Waals surface area contributed by atoms with Crippen LogP contribution in [0.1, 0.15) is 5.56 Å². The number of rotatable bonds is 1. The summed E-state index contributed by atoms with van der Waals surface area (Å²) in [6.45, 7) is 0. The number of nitrogens with zero attached hydrogens (tertiary/aromatic N) is 1.